The van der Waals surface area contributed by atoms with Gasteiger partial charge in [-0.25, -0.2) is 4.79 Å². The van der Waals surface area contributed by atoms with Crippen LogP contribution < -0.4 is 10.4 Å². The SMILES string of the molecule is C=CCC1C=C(C)CC(C)CC(OC)C2OC(O)(C(=O)C(=O)N3CCCCC3C(=O)OC(C(C)=CC3(O[SiH](c4ccccc4)c4ccccc4)CCC(C(C)(C)C)C(OC)C3)C(C)C(O)CC1=O)C(C)CC2OC. The highest BCUT2D eigenvalue weighted by molar-refractivity contribution is 6.80. The zero-order chi connectivity index (χ0) is 54.1. The molecule has 2 saturated heterocycles. The fourth-order valence-corrected chi connectivity index (χ4v) is 15.0. The number of hydrogen-bond acceptors (Lipinski definition) is 12. The molecule has 13 nitrogen and oxygen atoms in total. The van der Waals surface area contributed by atoms with Crippen molar-refractivity contribution in [2.45, 2.75) is 180 Å². The normalized spacial score (nSPS) is 34.8. The van der Waals surface area contributed by atoms with Gasteiger partial charge in [0.2, 0.25) is 14.8 Å². The second-order valence-corrected chi connectivity index (χ2v) is 25.5. The summed E-state index contributed by atoms with van der Waals surface area (Å²) in [6.07, 6.45) is 5.59. The molecule has 3 heterocycles. The van der Waals surface area contributed by atoms with Gasteiger partial charge in [0.25, 0.3) is 11.7 Å². The average Bonchev–Trinajstić information content (AvgIpc) is 3.38. The van der Waals surface area contributed by atoms with E-state index in [1.54, 1.807) is 27.0 Å². The number of amides is 1. The van der Waals surface area contributed by atoms with Gasteiger partial charge in [-0.1, -0.05) is 126 Å². The summed E-state index contributed by atoms with van der Waals surface area (Å²) in [7, 11) is 2.39. The van der Waals surface area contributed by atoms with Crippen LogP contribution in [0.4, 0.5) is 0 Å². The molecule has 6 rings (SSSR count). The van der Waals surface area contributed by atoms with Crippen molar-refractivity contribution in [3.8, 4) is 0 Å². The summed E-state index contributed by atoms with van der Waals surface area (Å²) in [6.45, 7) is 20.1. The number of allylic oxidation sites excluding steroid dienone is 3. The van der Waals surface area contributed by atoms with Crippen molar-refractivity contribution in [3.63, 3.8) is 0 Å². The van der Waals surface area contributed by atoms with E-state index in [1.807, 2.05) is 56.3 Å². The third-order valence-electron chi connectivity index (χ3n) is 16.6. The number of benzene rings is 2. The van der Waals surface area contributed by atoms with Crippen molar-refractivity contribution in [2.75, 3.05) is 27.9 Å². The number of piperidine rings is 1. The minimum atomic E-state index is -2.54. The summed E-state index contributed by atoms with van der Waals surface area (Å²) in [5, 5.41) is 26.8. The first-order valence-electron chi connectivity index (χ1n) is 27.1. The van der Waals surface area contributed by atoms with E-state index in [1.165, 1.54) is 19.1 Å². The van der Waals surface area contributed by atoms with Gasteiger partial charge >= 0.3 is 5.97 Å². The zero-order valence-corrected chi connectivity index (χ0v) is 47.3. The number of aliphatic hydroxyl groups is 2. The molecule has 2 N–H and O–H groups in total. The van der Waals surface area contributed by atoms with E-state index < -0.39 is 92.4 Å². The molecule has 3 fully saturated rings. The van der Waals surface area contributed by atoms with Crippen molar-refractivity contribution in [3.05, 3.63) is 96.6 Å². The van der Waals surface area contributed by atoms with E-state index >= 15 is 4.79 Å². The maximum absolute atomic E-state index is 15.1. The number of aliphatic hydroxyl groups excluding tert-OH is 1. The molecule has 2 bridgehead atoms. The Kier molecular flexibility index (Phi) is 20.6. The number of methoxy groups -OCH3 is 3. The summed E-state index contributed by atoms with van der Waals surface area (Å²) < 4.78 is 38.9. The topological polar surface area (TPSA) is 167 Å². The van der Waals surface area contributed by atoms with Gasteiger partial charge in [0.05, 0.1) is 30.0 Å². The third kappa shape index (κ3) is 13.9. The lowest BCUT2D eigenvalue weighted by Gasteiger charge is -2.48. The predicted molar refractivity (Wildman–Crippen MR) is 289 cm³/mol. The number of fused-ring (bicyclic) bond motifs is 3. The molecular weight excluding hydrogens is 955 g/mol. The van der Waals surface area contributed by atoms with Crippen LogP contribution in [-0.4, -0.2) is 130 Å². The molecule has 14 unspecified atom stereocenters. The number of rotatable bonds is 11. The Bertz CT molecular complexity index is 2240. The molecule has 0 radical (unpaired) electrons. The largest absolute Gasteiger partial charge is 0.456 e. The smallest absolute Gasteiger partial charge is 0.329 e. The second kappa shape index (κ2) is 25.8. The highest BCUT2D eigenvalue weighted by Crippen LogP contribution is 2.46. The Balaban J connectivity index is 1.48. The molecule has 408 valence electrons. The number of cyclic esters (lactones) is 1. The van der Waals surface area contributed by atoms with Crippen molar-refractivity contribution < 1.29 is 57.5 Å². The Labute approximate surface area is 443 Å². The first-order chi connectivity index (χ1) is 35.1. The highest BCUT2D eigenvalue weighted by Gasteiger charge is 2.57. The van der Waals surface area contributed by atoms with Crippen LogP contribution >= 0.6 is 0 Å². The number of carbonyl (C=O) groups is 4. The number of ether oxygens (including phenoxy) is 5. The Morgan fingerprint density at radius 3 is 2.07 bits per heavy atom. The molecule has 2 aromatic rings. The van der Waals surface area contributed by atoms with Gasteiger partial charge in [-0.3, -0.25) is 14.4 Å². The van der Waals surface area contributed by atoms with Crippen molar-refractivity contribution in [1.29, 1.82) is 0 Å². The second-order valence-electron chi connectivity index (χ2n) is 23.2. The summed E-state index contributed by atoms with van der Waals surface area (Å²) in [5.41, 5.74) is 0.565. The molecule has 2 aromatic carbocycles. The van der Waals surface area contributed by atoms with Gasteiger partial charge in [-0.2, -0.15) is 0 Å². The number of esters is 1. The van der Waals surface area contributed by atoms with E-state index in [4.69, 9.17) is 28.1 Å². The number of Topliss-reactive ketones (excluding diaryl/α,β-unsaturated/α-hetero) is 2. The molecule has 0 spiro atoms. The van der Waals surface area contributed by atoms with Crippen LogP contribution in [0.5, 0.6) is 0 Å². The van der Waals surface area contributed by atoms with Crippen molar-refractivity contribution >= 4 is 42.9 Å². The predicted octanol–water partition coefficient (Wildman–Crippen LogP) is 7.62. The summed E-state index contributed by atoms with van der Waals surface area (Å²) in [6, 6.07) is 19.3. The average molecular weight is 1040 g/mol. The summed E-state index contributed by atoms with van der Waals surface area (Å²) in [4.78, 5) is 60.0. The molecule has 3 aliphatic heterocycles. The van der Waals surface area contributed by atoms with Gasteiger partial charge in [-0.05, 0) is 105 Å². The van der Waals surface area contributed by atoms with Crippen LogP contribution in [-0.2, 0) is 47.3 Å². The van der Waals surface area contributed by atoms with Gasteiger partial charge in [0.1, 0.15) is 24.0 Å². The van der Waals surface area contributed by atoms with Crippen LogP contribution in [0, 0.1) is 35.0 Å². The maximum atomic E-state index is 15.1. The number of hydrogen-bond donors (Lipinski definition) is 2. The van der Waals surface area contributed by atoms with Crippen LogP contribution in [0.1, 0.15) is 126 Å². The van der Waals surface area contributed by atoms with Crippen LogP contribution in [0.3, 0.4) is 0 Å². The lowest BCUT2D eigenvalue weighted by Crippen LogP contribution is -2.64. The third-order valence-corrected chi connectivity index (χ3v) is 19.3. The summed E-state index contributed by atoms with van der Waals surface area (Å²) >= 11 is 0. The fraction of sp³-hybridized carbons (Fsp3) is 0.633. The number of carbonyl (C=O) groups excluding carboxylic acids is 4. The van der Waals surface area contributed by atoms with Gasteiger partial charge < -0.3 is 43.2 Å². The lowest BCUT2D eigenvalue weighted by molar-refractivity contribution is -0.302. The maximum Gasteiger partial charge on any atom is 0.329 e. The van der Waals surface area contributed by atoms with Crippen LogP contribution in [0.15, 0.2) is 96.6 Å². The first-order valence-corrected chi connectivity index (χ1v) is 28.7. The van der Waals surface area contributed by atoms with E-state index in [0.717, 1.165) is 22.4 Å². The summed E-state index contributed by atoms with van der Waals surface area (Å²) in [5.74, 6) is -7.77. The van der Waals surface area contributed by atoms with Gasteiger partial charge in [-0.15, -0.1) is 6.58 Å². The van der Waals surface area contributed by atoms with E-state index in [9.17, 15) is 24.6 Å². The zero-order valence-electron chi connectivity index (χ0n) is 46.1. The molecule has 1 aliphatic carbocycles. The molecule has 74 heavy (non-hydrogen) atoms. The minimum absolute atomic E-state index is 0.0117. The molecule has 4 aliphatic rings. The van der Waals surface area contributed by atoms with Crippen LogP contribution in [0.25, 0.3) is 0 Å². The van der Waals surface area contributed by atoms with E-state index in [0.29, 0.717) is 50.5 Å². The Hall–Kier alpha value is -4.12. The van der Waals surface area contributed by atoms with E-state index in [2.05, 4.69) is 64.6 Å². The molecule has 1 amide bonds. The van der Waals surface area contributed by atoms with Crippen molar-refractivity contribution in [1.82, 2.24) is 4.90 Å². The lowest BCUT2D eigenvalue weighted by atomic mass is 9.66. The van der Waals surface area contributed by atoms with Crippen LogP contribution in [0.2, 0.25) is 0 Å². The quantitative estimate of drug-likeness (QED) is 0.0980. The Morgan fingerprint density at radius 1 is 0.878 bits per heavy atom. The minimum Gasteiger partial charge on any atom is -0.456 e. The van der Waals surface area contributed by atoms with Gasteiger partial charge in [0, 0.05) is 58.5 Å². The fourth-order valence-electron chi connectivity index (χ4n) is 12.4. The molecule has 14 atom stereocenters. The van der Waals surface area contributed by atoms with Gasteiger partial charge in [0.15, 0.2) is 0 Å². The number of nitrogens with zero attached hydrogens (tertiary/aromatic N) is 1. The molecular formula is C60H87NO12Si. The molecule has 1 saturated carbocycles. The standard InChI is InChI=1S/C60H87NO12Si/c1-13-22-43-32-38(2)31-39(3)33-50(68-10)54-51(69-11)34-41(5)60(67,72-54)55(64)56(65)61-30-21-20-27-47(61)57(66)71-53(42(6)48(62)35-49(43)63)40(4)36-59(29-28-46(58(7,8)9)52(37-59)70-12)73-74(44-23-16-14-17-24-44)45-25-18-15-19-26-45/h13-19,23-26,32,36,39,41-43,46-48,50-54,62,67,74H,1,20-22,27-31,33-35,37H2,2-12H3. The molecule has 0 aromatic heterocycles. The highest BCUT2D eigenvalue weighted by atomic mass is 28.3. The first kappa shape index (κ1) is 59.1. The monoisotopic (exact) mass is 1040 g/mol. The Morgan fingerprint density at radius 2 is 1.49 bits per heavy atom. The van der Waals surface area contributed by atoms with Crippen molar-refractivity contribution in [2.24, 2.45) is 35.0 Å². The number of ketones is 2. The molecule has 14 heteroatoms. The van der Waals surface area contributed by atoms with E-state index in [-0.39, 0.29) is 54.9 Å².